The van der Waals surface area contributed by atoms with Gasteiger partial charge in [-0.15, -0.1) is 0 Å². The third-order valence-corrected chi connectivity index (χ3v) is 8.08. The van der Waals surface area contributed by atoms with E-state index in [1.165, 1.54) is 14.2 Å². The van der Waals surface area contributed by atoms with E-state index in [1.807, 2.05) is 64.1 Å². The summed E-state index contributed by atoms with van der Waals surface area (Å²) in [5.74, 6) is 0.258. The molecule has 254 valence electrons. The number of rotatable bonds is 15. The predicted molar refractivity (Wildman–Crippen MR) is 186 cm³/mol. The van der Waals surface area contributed by atoms with E-state index in [2.05, 4.69) is 31.2 Å². The number of nitrogens with one attached hydrogen (secondary N) is 4. The van der Waals surface area contributed by atoms with Crippen LogP contribution in [0.3, 0.4) is 0 Å². The molecule has 0 aliphatic carbocycles. The summed E-state index contributed by atoms with van der Waals surface area (Å²) in [6.07, 6.45) is 3.18. The number of hydrogen-bond acceptors (Lipinski definition) is 10. The fourth-order valence-electron chi connectivity index (χ4n) is 5.02. The maximum atomic E-state index is 13.3. The van der Waals surface area contributed by atoms with Gasteiger partial charge in [-0.2, -0.15) is 0 Å². The topological polar surface area (TPSA) is 167 Å². The maximum absolute atomic E-state index is 13.3. The Bertz CT molecular complexity index is 1620. The lowest BCUT2D eigenvalue weighted by atomic mass is 9.94. The largest absolute Gasteiger partial charge is 0.496 e. The van der Waals surface area contributed by atoms with Gasteiger partial charge in [-0.3, -0.25) is 19.6 Å². The molecule has 0 aliphatic heterocycles. The van der Waals surface area contributed by atoms with Gasteiger partial charge in [0.05, 0.1) is 27.4 Å². The van der Waals surface area contributed by atoms with Gasteiger partial charge in [-0.1, -0.05) is 24.3 Å². The van der Waals surface area contributed by atoms with E-state index in [0.29, 0.717) is 36.0 Å². The number of methoxy groups -OCH3 is 2. The second kappa shape index (κ2) is 16.8. The van der Waals surface area contributed by atoms with Crippen LogP contribution in [-0.2, 0) is 13.1 Å². The number of pyridine rings is 2. The van der Waals surface area contributed by atoms with Gasteiger partial charge in [0.1, 0.15) is 22.9 Å². The SMILES string of the molecule is COc1cc(C(=O)Nc2cccc(-c3cccc(NC(=O)c4cc(OC)c(CN[C@@H](C)CO)cn4)c3C)c2C)ncc1CN[C@@H](C)CO. The highest BCUT2D eigenvalue weighted by Gasteiger charge is 2.18. The van der Waals surface area contributed by atoms with Crippen molar-refractivity contribution < 1.29 is 29.3 Å². The van der Waals surface area contributed by atoms with Gasteiger partial charge in [0, 0.05) is 72.2 Å². The summed E-state index contributed by atoms with van der Waals surface area (Å²) in [6.45, 7) is 8.44. The van der Waals surface area contributed by atoms with E-state index >= 15 is 0 Å². The van der Waals surface area contributed by atoms with E-state index in [0.717, 1.165) is 33.4 Å². The molecule has 12 nitrogen and oxygen atoms in total. The number of nitrogens with zero attached hydrogens (tertiary/aromatic N) is 2. The highest BCUT2D eigenvalue weighted by atomic mass is 16.5. The second-order valence-corrected chi connectivity index (χ2v) is 11.6. The minimum atomic E-state index is -0.387. The number of anilines is 2. The molecular weight excluding hydrogens is 612 g/mol. The Hall–Kier alpha value is -4.88. The minimum Gasteiger partial charge on any atom is -0.496 e. The van der Waals surface area contributed by atoms with Crippen LogP contribution in [0, 0.1) is 13.8 Å². The van der Waals surface area contributed by atoms with Gasteiger partial charge < -0.3 is 41.0 Å². The molecule has 0 saturated heterocycles. The first-order valence-electron chi connectivity index (χ1n) is 15.7. The predicted octanol–water partition coefficient (Wildman–Crippen LogP) is 4.22. The molecule has 0 bridgehead atoms. The zero-order valence-corrected chi connectivity index (χ0v) is 28.2. The molecule has 2 aromatic heterocycles. The summed E-state index contributed by atoms with van der Waals surface area (Å²) in [6, 6.07) is 14.3. The molecule has 6 N–H and O–H groups in total. The molecular formula is C36H44N6O6. The van der Waals surface area contributed by atoms with Crippen molar-refractivity contribution >= 4 is 23.2 Å². The van der Waals surface area contributed by atoms with Crippen molar-refractivity contribution in [1.29, 1.82) is 0 Å². The molecule has 2 heterocycles. The second-order valence-electron chi connectivity index (χ2n) is 11.6. The standard InChI is InChI=1S/C36H44N6O6/c1-21(19-43)37-15-25-17-39-31(13-33(25)47-5)35(45)41-29-11-7-9-27(23(29)3)28-10-8-12-30(24(28)4)42-36(46)32-14-34(48-6)26(18-40-32)16-38-22(2)20-44/h7-14,17-18,21-22,37-38,43-44H,15-16,19-20H2,1-6H3,(H,41,45)(H,42,46)/t21-,22-/m0/s1. The molecule has 0 unspecified atom stereocenters. The monoisotopic (exact) mass is 656 g/mol. The molecule has 12 heteroatoms. The summed E-state index contributed by atoms with van der Waals surface area (Å²) >= 11 is 0. The quantitative estimate of drug-likeness (QED) is 0.109. The van der Waals surface area contributed by atoms with Crippen LogP contribution < -0.4 is 30.7 Å². The van der Waals surface area contributed by atoms with Gasteiger partial charge in [-0.25, -0.2) is 0 Å². The Kier molecular flexibility index (Phi) is 12.6. The van der Waals surface area contributed by atoms with Crippen molar-refractivity contribution in [1.82, 2.24) is 20.6 Å². The minimum absolute atomic E-state index is 0.000159. The molecule has 0 fully saturated rings. The first-order chi connectivity index (χ1) is 23.1. The van der Waals surface area contributed by atoms with Crippen molar-refractivity contribution in [2.24, 2.45) is 0 Å². The molecule has 0 spiro atoms. The molecule has 4 rings (SSSR count). The number of carbonyl (C=O) groups excluding carboxylic acids is 2. The first-order valence-corrected chi connectivity index (χ1v) is 15.7. The number of benzene rings is 2. The summed E-state index contributed by atoms with van der Waals surface area (Å²) in [4.78, 5) is 35.3. The van der Waals surface area contributed by atoms with E-state index in [9.17, 15) is 19.8 Å². The van der Waals surface area contributed by atoms with Gasteiger partial charge in [0.2, 0.25) is 0 Å². The Morgan fingerprint density at radius 2 is 1.10 bits per heavy atom. The molecule has 0 saturated carbocycles. The van der Waals surface area contributed by atoms with Crippen LogP contribution in [0.4, 0.5) is 11.4 Å². The van der Waals surface area contributed by atoms with Crippen LogP contribution in [0.15, 0.2) is 60.9 Å². The molecule has 2 atom stereocenters. The summed E-state index contributed by atoms with van der Waals surface area (Å²) in [7, 11) is 3.07. The average Bonchev–Trinajstić information content (AvgIpc) is 3.11. The molecule has 4 aromatic rings. The van der Waals surface area contributed by atoms with Crippen molar-refractivity contribution in [3.63, 3.8) is 0 Å². The van der Waals surface area contributed by atoms with Crippen LogP contribution >= 0.6 is 0 Å². The van der Waals surface area contributed by atoms with E-state index in [4.69, 9.17) is 9.47 Å². The first kappa shape index (κ1) is 36.0. The lowest BCUT2D eigenvalue weighted by molar-refractivity contribution is 0.101. The van der Waals surface area contributed by atoms with Crippen LogP contribution in [0.5, 0.6) is 11.5 Å². The van der Waals surface area contributed by atoms with Crippen molar-refractivity contribution in [3.05, 3.63) is 94.6 Å². The third kappa shape index (κ3) is 8.72. The van der Waals surface area contributed by atoms with Crippen molar-refractivity contribution in [3.8, 4) is 22.6 Å². The number of aliphatic hydroxyl groups is 2. The zero-order chi connectivity index (χ0) is 34.8. The molecule has 48 heavy (non-hydrogen) atoms. The van der Waals surface area contributed by atoms with Gasteiger partial charge in [-0.05, 0) is 62.1 Å². The summed E-state index contributed by atoms with van der Waals surface area (Å²) < 4.78 is 11.0. The van der Waals surface area contributed by atoms with Gasteiger partial charge >= 0.3 is 0 Å². The van der Waals surface area contributed by atoms with Crippen LogP contribution in [0.1, 0.15) is 57.1 Å². The van der Waals surface area contributed by atoms with Gasteiger partial charge in [0.15, 0.2) is 0 Å². The Labute approximate surface area is 280 Å². The van der Waals surface area contributed by atoms with E-state index < -0.39 is 0 Å². The number of amides is 2. The molecule has 0 radical (unpaired) electrons. The maximum Gasteiger partial charge on any atom is 0.274 e. The number of aliphatic hydroxyl groups excluding tert-OH is 2. The fourth-order valence-corrected chi connectivity index (χ4v) is 5.02. The Balaban J connectivity index is 1.52. The lowest BCUT2D eigenvalue weighted by Crippen LogP contribution is -2.29. The molecule has 2 amide bonds. The number of ether oxygens (including phenoxy) is 2. The number of hydrogen-bond donors (Lipinski definition) is 6. The molecule has 0 aliphatic rings. The fraction of sp³-hybridized carbons (Fsp3) is 0.333. The Morgan fingerprint density at radius 3 is 1.46 bits per heavy atom. The van der Waals surface area contributed by atoms with Crippen molar-refractivity contribution in [2.75, 3.05) is 38.1 Å². The Morgan fingerprint density at radius 1 is 0.708 bits per heavy atom. The van der Waals surface area contributed by atoms with Crippen LogP contribution in [0.25, 0.3) is 11.1 Å². The van der Waals surface area contributed by atoms with Gasteiger partial charge in [0.25, 0.3) is 11.8 Å². The van der Waals surface area contributed by atoms with E-state index in [-0.39, 0.29) is 48.5 Å². The van der Waals surface area contributed by atoms with Crippen LogP contribution in [-0.4, -0.2) is 71.5 Å². The number of aromatic nitrogens is 2. The summed E-state index contributed by atoms with van der Waals surface area (Å²) in [5, 5.41) is 30.9. The lowest BCUT2D eigenvalue weighted by Gasteiger charge is -2.17. The van der Waals surface area contributed by atoms with E-state index in [1.54, 1.807) is 24.5 Å². The third-order valence-electron chi connectivity index (χ3n) is 8.08. The van der Waals surface area contributed by atoms with Crippen LogP contribution in [0.2, 0.25) is 0 Å². The molecule has 2 aromatic carbocycles. The summed E-state index contributed by atoms with van der Waals surface area (Å²) in [5.41, 5.74) is 6.63. The number of carbonyl (C=O) groups is 2. The smallest absolute Gasteiger partial charge is 0.274 e. The normalized spacial score (nSPS) is 12.2. The highest BCUT2D eigenvalue weighted by Crippen LogP contribution is 2.34. The highest BCUT2D eigenvalue weighted by molar-refractivity contribution is 6.05. The average molecular weight is 657 g/mol. The zero-order valence-electron chi connectivity index (χ0n) is 28.2. The van der Waals surface area contributed by atoms with Crippen molar-refractivity contribution in [2.45, 2.75) is 52.9 Å².